The Morgan fingerprint density at radius 2 is 0.500 bits per heavy atom. The van der Waals surface area contributed by atoms with Crippen molar-refractivity contribution in [3.63, 3.8) is 0 Å². The average Bonchev–Trinajstić information content (AvgIpc) is 0.898. The standard InChI is InChI=1S/C93H146O17P2/c1-5-9-13-17-21-25-29-33-37-40-43-46-50-53-57-61-65-69-73-77-90(95)103-83-88(109-92(97)79-75-71-67-63-59-55-49-36-32-28-24-20-16-12-8-4)85-107-111(99,100)105-81-87(94)82-106-112(101,102)108-86-89(110-93(98)80-76-72-68-64-60-56-52-48-45-42-39-35-31-27-23-19-15-11-7-3)84-104-91(96)78-74-70-66-62-58-54-51-47-44-41-38-34-30-26-22-18-14-10-6-2/h10-12,14-16,21-28,33-39,43-49,54,56,58-60,63,71,75,87-89,94H,5-9,13,17-20,29-32,40-42,50-53,55,57,61-62,64-70,72-74,76-86H2,1-4H3,(H,99,100)(H,101,102)/b14-10-,15-11-,16-12-,25-21-,26-22-,27-23-,28-24-,37-33-,38-34-,39-35-,46-43-,47-44-,48-45-,49-36-,58-54-,60-56-,63-59-,75-71-. The molecule has 0 radical (unpaired) electrons. The van der Waals surface area contributed by atoms with Crippen LogP contribution in [-0.2, 0) is 65.4 Å². The summed E-state index contributed by atoms with van der Waals surface area (Å²) >= 11 is 0. The number of aliphatic hydroxyl groups is 1. The van der Waals surface area contributed by atoms with E-state index in [1.54, 1.807) is 12.2 Å². The molecule has 0 spiro atoms. The Morgan fingerprint density at radius 3 is 0.804 bits per heavy atom. The molecule has 0 fully saturated rings. The van der Waals surface area contributed by atoms with Gasteiger partial charge in [-0.1, -0.05) is 298 Å². The van der Waals surface area contributed by atoms with Crippen LogP contribution < -0.4 is 0 Å². The molecule has 0 aliphatic heterocycles. The summed E-state index contributed by atoms with van der Waals surface area (Å²) < 4.78 is 68.6. The van der Waals surface area contributed by atoms with Gasteiger partial charge in [0, 0.05) is 19.3 Å². The van der Waals surface area contributed by atoms with Crippen LogP contribution >= 0.6 is 15.6 Å². The van der Waals surface area contributed by atoms with Crippen LogP contribution in [-0.4, -0.2) is 96.7 Å². The molecule has 0 saturated carbocycles. The Morgan fingerprint density at radius 1 is 0.268 bits per heavy atom. The van der Waals surface area contributed by atoms with E-state index in [2.05, 4.69) is 222 Å². The van der Waals surface area contributed by atoms with Crippen molar-refractivity contribution in [3.05, 3.63) is 219 Å². The molecule has 0 aliphatic carbocycles. The zero-order valence-electron chi connectivity index (χ0n) is 69.0. The van der Waals surface area contributed by atoms with E-state index in [9.17, 15) is 43.2 Å². The van der Waals surface area contributed by atoms with Crippen molar-refractivity contribution in [2.24, 2.45) is 0 Å². The van der Waals surface area contributed by atoms with E-state index in [0.29, 0.717) is 25.7 Å². The van der Waals surface area contributed by atoms with Gasteiger partial charge in [-0.25, -0.2) is 9.13 Å². The maximum absolute atomic E-state index is 13.1. The molecular formula is C93H146O17P2. The maximum atomic E-state index is 13.1. The first kappa shape index (κ1) is 105. The van der Waals surface area contributed by atoms with Gasteiger partial charge in [0.1, 0.15) is 19.3 Å². The van der Waals surface area contributed by atoms with Gasteiger partial charge in [0.05, 0.1) is 32.8 Å². The monoisotopic (exact) mass is 1600 g/mol. The minimum atomic E-state index is -5.03. The molecule has 0 heterocycles. The van der Waals surface area contributed by atoms with Crippen LogP contribution in [0, 0.1) is 0 Å². The summed E-state index contributed by atoms with van der Waals surface area (Å²) in [5.41, 5.74) is 0. The number of allylic oxidation sites excluding steroid dienone is 35. The number of carbonyl (C=O) groups is 4. The van der Waals surface area contributed by atoms with Gasteiger partial charge >= 0.3 is 39.5 Å². The third kappa shape index (κ3) is 81.4. The molecule has 17 nitrogen and oxygen atoms in total. The lowest BCUT2D eigenvalue weighted by molar-refractivity contribution is -0.161. The molecule has 5 atom stereocenters. The van der Waals surface area contributed by atoms with Crippen molar-refractivity contribution in [1.29, 1.82) is 0 Å². The van der Waals surface area contributed by atoms with Gasteiger partial charge < -0.3 is 33.8 Å². The number of carbonyl (C=O) groups excluding carboxylic acids is 4. The Hall–Kier alpha value is -6.62. The van der Waals surface area contributed by atoms with Crippen molar-refractivity contribution in [1.82, 2.24) is 0 Å². The number of phosphoric acid groups is 2. The predicted molar refractivity (Wildman–Crippen MR) is 463 cm³/mol. The molecule has 630 valence electrons. The van der Waals surface area contributed by atoms with E-state index < -0.39 is 97.5 Å². The molecule has 0 amide bonds. The van der Waals surface area contributed by atoms with Crippen molar-refractivity contribution in [2.75, 3.05) is 39.6 Å². The number of aliphatic hydroxyl groups excluding tert-OH is 1. The van der Waals surface area contributed by atoms with Gasteiger partial charge in [-0.05, 0) is 180 Å². The van der Waals surface area contributed by atoms with Crippen LogP contribution in [0.5, 0.6) is 0 Å². The summed E-state index contributed by atoms with van der Waals surface area (Å²) in [7, 11) is -10.0. The molecule has 0 rings (SSSR count). The minimum absolute atomic E-state index is 0.0353. The lowest BCUT2D eigenvalue weighted by Gasteiger charge is -2.21. The van der Waals surface area contributed by atoms with Crippen LogP contribution in [0.3, 0.4) is 0 Å². The quantitative estimate of drug-likeness (QED) is 0.0169. The highest BCUT2D eigenvalue weighted by molar-refractivity contribution is 7.47. The fraction of sp³-hybridized carbons (Fsp3) is 0.570. The number of esters is 4. The highest BCUT2D eigenvalue weighted by atomic mass is 31.2. The number of hydrogen-bond donors (Lipinski definition) is 3. The summed E-state index contributed by atoms with van der Waals surface area (Å²) in [6, 6.07) is 0. The van der Waals surface area contributed by atoms with Crippen molar-refractivity contribution in [2.45, 2.75) is 303 Å². The van der Waals surface area contributed by atoms with E-state index in [4.69, 9.17) is 37.0 Å². The second-order valence-corrected chi connectivity index (χ2v) is 29.8. The summed E-state index contributed by atoms with van der Waals surface area (Å²) in [6.07, 6.45) is 105. The summed E-state index contributed by atoms with van der Waals surface area (Å²) in [5.74, 6) is -2.44. The van der Waals surface area contributed by atoms with Crippen LogP contribution in [0.2, 0.25) is 0 Å². The second-order valence-electron chi connectivity index (χ2n) is 26.9. The van der Waals surface area contributed by atoms with E-state index in [1.807, 2.05) is 12.2 Å². The molecule has 19 heteroatoms. The smallest absolute Gasteiger partial charge is 0.462 e. The van der Waals surface area contributed by atoms with Crippen molar-refractivity contribution < 1.29 is 80.2 Å². The first-order valence-electron chi connectivity index (χ1n) is 42.0. The molecule has 0 aliphatic rings. The van der Waals surface area contributed by atoms with Gasteiger partial charge in [-0.3, -0.25) is 37.3 Å². The molecule has 3 N–H and O–H groups in total. The van der Waals surface area contributed by atoms with Gasteiger partial charge in [0.15, 0.2) is 12.2 Å². The molecule has 112 heavy (non-hydrogen) atoms. The molecular weight excluding hydrogens is 1450 g/mol. The zero-order valence-corrected chi connectivity index (χ0v) is 70.8. The molecule has 0 bridgehead atoms. The van der Waals surface area contributed by atoms with Crippen LogP contribution in [0.1, 0.15) is 285 Å². The van der Waals surface area contributed by atoms with Gasteiger partial charge in [-0.2, -0.15) is 0 Å². The maximum Gasteiger partial charge on any atom is 0.472 e. The van der Waals surface area contributed by atoms with Crippen LogP contribution in [0.4, 0.5) is 0 Å². The minimum Gasteiger partial charge on any atom is -0.462 e. The summed E-state index contributed by atoms with van der Waals surface area (Å²) in [6.45, 7) is 4.27. The fourth-order valence-corrected chi connectivity index (χ4v) is 11.8. The Kier molecular flexibility index (Phi) is 77.5. The molecule has 0 aromatic rings. The predicted octanol–water partition coefficient (Wildman–Crippen LogP) is 25.2. The van der Waals surface area contributed by atoms with Crippen molar-refractivity contribution in [3.8, 4) is 0 Å². The number of phosphoric ester groups is 2. The SMILES string of the molecule is CC/C=C\C/C=C\C/C=C\C/C=C\C/C=C\CCCCCC(=O)OCC(COP(=O)(O)OCC(O)COP(=O)(O)OCC(COC(=O)CCCCCCCC/C=C\C/C=C\C/C=C\CCCCC)OC(=O)C/C=C\C/C=C\C/C=C\C/C=C\C/C=C\CC)OC(=O)CCCCC/C=C\C/C=C\C/C=C\C/C=C\C/C=C\CC. The van der Waals surface area contributed by atoms with E-state index in [-0.39, 0.29) is 25.7 Å². The third-order valence-electron chi connectivity index (χ3n) is 16.4. The Balaban J connectivity index is 5.55. The first-order valence-corrected chi connectivity index (χ1v) is 45.0. The fourth-order valence-electron chi connectivity index (χ4n) is 10.2. The average molecular weight is 1600 g/mol. The number of ether oxygens (including phenoxy) is 4. The van der Waals surface area contributed by atoms with E-state index in [1.165, 1.54) is 19.3 Å². The summed E-state index contributed by atoms with van der Waals surface area (Å²) in [4.78, 5) is 73.2. The largest absolute Gasteiger partial charge is 0.472 e. The highest BCUT2D eigenvalue weighted by Gasteiger charge is 2.30. The Bertz CT molecular complexity index is 2990. The van der Waals surface area contributed by atoms with Gasteiger partial charge in [0.2, 0.25) is 0 Å². The first-order chi connectivity index (χ1) is 54.7. The number of rotatable bonds is 76. The topological polar surface area (TPSA) is 237 Å². The molecule has 0 saturated heterocycles. The molecule has 0 aromatic heterocycles. The zero-order chi connectivity index (χ0) is 81.7. The Labute approximate surface area is 677 Å². The van der Waals surface area contributed by atoms with Gasteiger partial charge in [0.25, 0.3) is 0 Å². The van der Waals surface area contributed by atoms with E-state index >= 15 is 0 Å². The molecule has 5 unspecified atom stereocenters. The number of unbranched alkanes of at least 4 members (excludes halogenated alkanes) is 15. The normalized spacial score (nSPS) is 14.9. The highest BCUT2D eigenvalue weighted by Crippen LogP contribution is 2.45. The lowest BCUT2D eigenvalue weighted by Crippen LogP contribution is -2.30. The lowest BCUT2D eigenvalue weighted by atomic mass is 10.1. The van der Waals surface area contributed by atoms with E-state index in [0.717, 1.165) is 186 Å². The number of hydrogen-bond acceptors (Lipinski definition) is 15. The third-order valence-corrected chi connectivity index (χ3v) is 18.3. The van der Waals surface area contributed by atoms with Crippen LogP contribution in [0.15, 0.2) is 219 Å². The second kappa shape index (κ2) is 82.4. The van der Waals surface area contributed by atoms with Crippen LogP contribution in [0.25, 0.3) is 0 Å². The molecule has 0 aromatic carbocycles. The van der Waals surface area contributed by atoms with Crippen molar-refractivity contribution >= 4 is 39.5 Å². The van der Waals surface area contributed by atoms with Gasteiger partial charge in [-0.15, -0.1) is 0 Å². The summed E-state index contributed by atoms with van der Waals surface area (Å²) in [5, 5.41) is 10.7.